The van der Waals surface area contributed by atoms with E-state index in [0.29, 0.717) is 0 Å². The van der Waals surface area contributed by atoms with Crippen LogP contribution in [0, 0.1) is 0 Å². The Morgan fingerprint density at radius 2 is 0.633 bits per heavy atom. The summed E-state index contributed by atoms with van der Waals surface area (Å²) in [5.41, 5.74) is 23.2. The second-order valence-corrected chi connectivity index (χ2v) is 27.0. The van der Waals surface area contributed by atoms with E-state index in [2.05, 4.69) is 338 Å². The summed E-state index contributed by atoms with van der Waals surface area (Å²) in [6.45, 7) is 0. The summed E-state index contributed by atoms with van der Waals surface area (Å²) in [6.07, 6.45) is 0. The van der Waals surface area contributed by atoms with Crippen LogP contribution in [0.4, 0.5) is 0 Å². The zero-order valence-electron chi connectivity index (χ0n) is 52.9. The van der Waals surface area contributed by atoms with Crippen LogP contribution in [0.2, 0.25) is 0 Å². The number of nitrogens with zero attached hydrogens (tertiary/aromatic N) is 1. The van der Waals surface area contributed by atoms with E-state index in [1.54, 1.807) is 0 Å². The Morgan fingerprint density at radius 1 is 0.214 bits per heavy atom. The van der Waals surface area contributed by atoms with E-state index in [4.69, 9.17) is 8.83 Å². The molecule has 98 heavy (non-hydrogen) atoms. The van der Waals surface area contributed by atoms with Gasteiger partial charge >= 0.3 is 0 Å². The minimum absolute atomic E-state index is 0.849. The van der Waals surface area contributed by atoms with Gasteiger partial charge in [0.1, 0.15) is 22.3 Å². The van der Waals surface area contributed by atoms with Gasteiger partial charge in [0.25, 0.3) is 0 Å². The van der Waals surface area contributed by atoms with E-state index in [1.165, 1.54) is 118 Å². The van der Waals surface area contributed by atoms with Gasteiger partial charge in [0, 0.05) is 63.7 Å². The average molecular weight is 1260 g/mol. The molecule has 0 N–H and O–H groups in total. The molecule has 4 heterocycles. The fourth-order valence-corrected chi connectivity index (χ4v) is 17.8. The van der Waals surface area contributed by atoms with Crippen molar-refractivity contribution in [1.82, 2.24) is 4.57 Å². The molecule has 17 aromatic carbocycles. The van der Waals surface area contributed by atoms with Crippen molar-refractivity contribution < 1.29 is 8.83 Å². The normalized spacial score (nSPS) is 12.1. The maximum atomic E-state index is 7.34. The second-order valence-electron chi connectivity index (χ2n) is 26.0. The number of aromatic nitrogens is 1. The number of hydrogen-bond acceptors (Lipinski definition) is 3. The van der Waals surface area contributed by atoms with E-state index in [9.17, 15) is 0 Å². The van der Waals surface area contributed by atoms with E-state index in [0.717, 1.165) is 94.1 Å². The number of benzene rings is 17. The fraction of sp³-hybridized carbons (Fsp3) is 0. The van der Waals surface area contributed by atoms with E-state index in [-0.39, 0.29) is 0 Å². The molecule has 4 aromatic heterocycles. The van der Waals surface area contributed by atoms with Crippen molar-refractivity contribution in [2.75, 3.05) is 0 Å². The maximum absolute atomic E-state index is 7.34. The van der Waals surface area contributed by atoms with Gasteiger partial charge < -0.3 is 13.4 Å². The van der Waals surface area contributed by atoms with Crippen molar-refractivity contribution in [3.05, 3.63) is 334 Å². The molecule has 454 valence electrons. The SMILES string of the molecule is c1ccc(-n2c3ccccc3c3ccc(-c4ccccc4-c4c5ccccc5c(-c5ccc(-c6ccc(-c7c8ccccc8c(-c8cccc9oc%10ccccc%10c89)c8ccccc78)c(-c7ccc8sc9ccccc9c8c7)c6)c6oc7ccccc7c56)c5ccccc45)cc32)cc1. The summed E-state index contributed by atoms with van der Waals surface area (Å²) in [4.78, 5) is 0. The highest BCUT2D eigenvalue weighted by Gasteiger charge is 2.27. The standard InChI is InChI=1S/C94H55NO2S/c1-2-23-59(24-3-1)95-81-40-18-14-26-62(81)63-48-45-58(55-82(63)95)60-25-4-5-28-65(60)88-66-29-6-12-35-72(66)91(73-36-13-7-30-67(73)88)78-51-50-61(94-93(78)76-38-16-20-42-84(76)97-94)56-46-49-74(79(53-56)57-47-52-87-80(54-57)64-27-17-21-44-86(64)98-87)89-68-31-8-10-33-70(68)90(71-34-11-9-32-69(71)89)77-39-22-43-85-92(77)75-37-15-19-41-83(75)96-85/h1-55H. The van der Waals surface area contributed by atoms with Crippen molar-refractivity contribution in [3.63, 3.8) is 0 Å². The first-order valence-corrected chi connectivity index (χ1v) is 34.4. The first-order chi connectivity index (χ1) is 48.6. The first-order valence-electron chi connectivity index (χ1n) is 33.6. The molecule has 21 aromatic rings. The van der Waals surface area contributed by atoms with E-state index >= 15 is 0 Å². The van der Waals surface area contributed by atoms with Crippen molar-refractivity contribution in [2.45, 2.75) is 0 Å². The predicted octanol–water partition coefficient (Wildman–Crippen LogP) is 27.2. The molecule has 0 saturated heterocycles. The smallest absolute Gasteiger partial charge is 0.143 e. The van der Waals surface area contributed by atoms with Crippen LogP contribution in [0.15, 0.2) is 342 Å². The van der Waals surface area contributed by atoms with Crippen LogP contribution in [0.1, 0.15) is 0 Å². The number of furan rings is 2. The third-order valence-electron chi connectivity index (χ3n) is 20.8. The lowest BCUT2D eigenvalue weighted by atomic mass is 9.81. The van der Waals surface area contributed by atoms with Gasteiger partial charge in [0.2, 0.25) is 0 Å². The van der Waals surface area contributed by atoms with Crippen molar-refractivity contribution in [3.8, 4) is 83.6 Å². The highest BCUT2D eigenvalue weighted by Crippen LogP contribution is 2.54. The summed E-state index contributed by atoms with van der Waals surface area (Å²) in [6, 6.07) is 123. The fourth-order valence-electron chi connectivity index (χ4n) is 16.7. The molecule has 0 aliphatic rings. The lowest BCUT2D eigenvalue weighted by molar-refractivity contribution is 0.669. The van der Waals surface area contributed by atoms with Gasteiger partial charge in [-0.15, -0.1) is 11.3 Å². The van der Waals surface area contributed by atoms with Crippen LogP contribution in [-0.4, -0.2) is 4.57 Å². The Kier molecular flexibility index (Phi) is 12.0. The first kappa shape index (κ1) is 54.8. The van der Waals surface area contributed by atoms with Crippen LogP contribution >= 0.6 is 11.3 Å². The summed E-state index contributed by atoms with van der Waals surface area (Å²) in [5, 5.41) is 18.9. The van der Waals surface area contributed by atoms with Gasteiger partial charge in [-0.3, -0.25) is 0 Å². The molecule has 0 aliphatic carbocycles. The number of fused-ring (bicyclic) bond motifs is 16. The predicted molar refractivity (Wildman–Crippen MR) is 416 cm³/mol. The summed E-state index contributed by atoms with van der Waals surface area (Å²) < 4.78 is 18.9. The van der Waals surface area contributed by atoms with Crippen LogP contribution in [0.25, 0.3) is 213 Å². The highest BCUT2D eigenvalue weighted by molar-refractivity contribution is 7.25. The van der Waals surface area contributed by atoms with Crippen LogP contribution < -0.4 is 0 Å². The minimum atomic E-state index is 0.849. The third-order valence-corrected chi connectivity index (χ3v) is 22.0. The maximum Gasteiger partial charge on any atom is 0.143 e. The van der Waals surface area contributed by atoms with Crippen LogP contribution in [-0.2, 0) is 0 Å². The van der Waals surface area contributed by atoms with E-state index < -0.39 is 0 Å². The topological polar surface area (TPSA) is 31.2 Å². The molecule has 0 saturated carbocycles. The molecule has 3 nitrogen and oxygen atoms in total. The average Bonchev–Trinajstić information content (AvgIpc) is 1.21. The lowest BCUT2D eigenvalue weighted by Crippen LogP contribution is -1.95. The highest BCUT2D eigenvalue weighted by atomic mass is 32.1. The van der Waals surface area contributed by atoms with Crippen LogP contribution in [0.5, 0.6) is 0 Å². The van der Waals surface area contributed by atoms with Crippen molar-refractivity contribution >= 4 is 140 Å². The van der Waals surface area contributed by atoms with Crippen molar-refractivity contribution in [1.29, 1.82) is 0 Å². The molecule has 0 radical (unpaired) electrons. The zero-order chi connectivity index (χ0) is 64.1. The van der Waals surface area contributed by atoms with Gasteiger partial charge in [-0.1, -0.05) is 261 Å². The zero-order valence-corrected chi connectivity index (χ0v) is 53.7. The number of para-hydroxylation sites is 4. The Hall–Kier alpha value is -12.6. The molecular formula is C94H55NO2S. The molecule has 0 spiro atoms. The molecule has 0 bridgehead atoms. The van der Waals surface area contributed by atoms with Gasteiger partial charge in [0.15, 0.2) is 0 Å². The Balaban J connectivity index is 0.783. The van der Waals surface area contributed by atoms with E-state index in [1.807, 2.05) is 11.3 Å². The van der Waals surface area contributed by atoms with Crippen molar-refractivity contribution in [2.24, 2.45) is 0 Å². The minimum Gasteiger partial charge on any atom is -0.456 e. The Bertz CT molecular complexity index is 6820. The molecule has 0 atom stereocenters. The summed E-state index contributed by atoms with van der Waals surface area (Å²) in [5.74, 6) is 0. The summed E-state index contributed by atoms with van der Waals surface area (Å²) >= 11 is 1.85. The Morgan fingerprint density at radius 3 is 1.30 bits per heavy atom. The number of rotatable bonds is 8. The summed E-state index contributed by atoms with van der Waals surface area (Å²) in [7, 11) is 0. The molecule has 0 amide bonds. The number of thiophene rings is 1. The molecule has 4 heteroatoms. The molecular weight excluding hydrogens is 1210 g/mol. The second kappa shape index (κ2) is 21.5. The molecule has 0 fully saturated rings. The van der Waals surface area contributed by atoms with Crippen LogP contribution in [0.3, 0.4) is 0 Å². The lowest BCUT2D eigenvalue weighted by Gasteiger charge is -2.21. The number of hydrogen-bond donors (Lipinski definition) is 0. The molecule has 0 aliphatic heterocycles. The van der Waals surface area contributed by atoms with Gasteiger partial charge in [-0.2, -0.15) is 0 Å². The molecule has 21 rings (SSSR count). The van der Waals surface area contributed by atoms with Gasteiger partial charge in [-0.05, 0) is 188 Å². The Labute approximate surface area is 567 Å². The third kappa shape index (κ3) is 8.10. The molecule has 0 unspecified atom stereocenters. The van der Waals surface area contributed by atoms with Gasteiger partial charge in [-0.25, -0.2) is 0 Å². The van der Waals surface area contributed by atoms with Gasteiger partial charge in [0.05, 0.1) is 11.0 Å². The quantitative estimate of drug-likeness (QED) is 0.142. The largest absolute Gasteiger partial charge is 0.456 e. The monoisotopic (exact) mass is 1260 g/mol.